The number of carbonyl (C=O) groups excluding carboxylic acids is 1. The van der Waals surface area contributed by atoms with Crippen molar-refractivity contribution in [2.45, 2.75) is 6.42 Å². The second-order valence-electron chi connectivity index (χ2n) is 4.47. The van der Waals surface area contributed by atoms with Crippen LogP contribution in [0.15, 0.2) is 18.3 Å². The van der Waals surface area contributed by atoms with Gasteiger partial charge in [-0.1, -0.05) is 0 Å². The van der Waals surface area contributed by atoms with Gasteiger partial charge in [0.2, 0.25) is 0 Å². The Morgan fingerprint density at radius 2 is 2.44 bits per heavy atom. The van der Waals surface area contributed by atoms with Gasteiger partial charge in [-0.3, -0.25) is 4.79 Å². The zero-order valence-electron chi connectivity index (χ0n) is 9.94. The molecule has 1 aromatic heterocycles. The fourth-order valence-corrected chi connectivity index (χ4v) is 2.32. The van der Waals surface area contributed by atoms with Crippen LogP contribution in [0, 0.1) is 5.92 Å². The van der Waals surface area contributed by atoms with Crippen molar-refractivity contribution in [3.63, 3.8) is 0 Å². The molecule has 2 heterocycles. The third-order valence-electron chi connectivity index (χ3n) is 3.23. The number of aromatic nitrogens is 1. The van der Waals surface area contributed by atoms with Crippen LogP contribution in [0.5, 0.6) is 0 Å². The second-order valence-corrected chi connectivity index (χ2v) is 4.47. The maximum Gasteiger partial charge on any atom is 0.270 e. The Hall–Kier alpha value is -1.29. The fourth-order valence-electron chi connectivity index (χ4n) is 2.32. The smallest absolute Gasteiger partial charge is 0.270 e. The molecule has 2 rings (SSSR count). The van der Waals surface area contributed by atoms with Gasteiger partial charge in [0.15, 0.2) is 0 Å². The van der Waals surface area contributed by atoms with Crippen LogP contribution in [0.2, 0.25) is 0 Å². The molecule has 1 fully saturated rings. The summed E-state index contributed by atoms with van der Waals surface area (Å²) in [6.07, 6.45) is 3.02. The molecular weight excluding hydrogens is 202 g/mol. The molecule has 4 heteroatoms. The second kappa shape index (κ2) is 4.70. The molecule has 1 unspecified atom stereocenters. The van der Waals surface area contributed by atoms with Crippen molar-refractivity contribution >= 4 is 5.91 Å². The van der Waals surface area contributed by atoms with Crippen molar-refractivity contribution in [2.24, 2.45) is 13.0 Å². The maximum absolute atomic E-state index is 12.2. The van der Waals surface area contributed by atoms with Crippen molar-refractivity contribution < 1.29 is 4.79 Å². The van der Waals surface area contributed by atoms with Crippen LogP contribution < -0.4 is 5.32 Å². The van der Waals surface area contributed by atoms with E-state index in [0.29, 0.717) is 5.92 Å². The van der Waals surface area contributed by atoms with Crippen LogP contribution in [-0.4, -0.2) is 42.1 Å². The molecule has 1 N–H and O–H groups in total. The van der Waals surface area contributed by atoms with Crippen LogP contribution in [0.3, 0.4) is 0 Å². The summed E-state index contributed by atoms with van der Waals surface area (Å²) in [5, 5.41) is 3.17. The van der Waals surface area contributed by atoms with Gasteiger partial charge in [0, 0.05) is 26.3 Å². The number of rotatable bonds is 3. The normalized spacial score (nSPS) is 20.4. The first-order valence-electron chi connectivity index (χ1n) is 5.77. The first-order valence-corrected chi connectivity index (χ1v) is 5.77. The molecule has 0 aromatic carbocycles. The van der Waals surface area contributed by atoms with Gasteiger partial charge in [0.1, 0.15) is 5.69 Å². The number of nitrogens with zero attached hydrogens (tertiary/aromatic N) is 2. The third kappa shape index (κ3) is 2.11. The van der Waals surface area contributed by atoms with Gasteiger partial charge in [-0.05, 0) is 38.1 Å². The molecule has 88 valence electrons. The largest absolute Gasteiger partial charge is 0.347 e. The minimum atomic E-state index is 0.158. The lowest BCUT2D eigenvalue weighted by atomic mass is 10.1. The maximum atomic E-state index is 12.2. The van der Waals surface area contributed by atoms with Crippen molar-refractivity contribution in [1.82, 2.24) is 14.8 Å². The molecule has 1 saturated heterocycles. The van der Waals surface area contributed by atoms with E-state index >= 15 is 0 Å². The molecule has 1 atom stereocenters. The van der Waals surface area contributed by atoms with E-state index in [1.54, 1.807) is 0 Å². The van der Waals surface area contributed by atoms with Crippen LogP contribution in [0.1, 0.15) is 16.9 Å². The highest BCUT2D eigenvalue weighted by Crippen LogP contribution is 2.18. The Kier molecular flexibility index (Phi) is 3.29. The SMILES string of the molecule is CNCC1CCN(C(=O)c2cccn2C)C1. The Morgan fingerprint density at radius 3 is 3.06 bits per heavy atom. The average Bonchev–Trinajstić information content (AvgIpc) is 2.87. The van der Waals surface area contributed by atoms with E-state index in [0.717, 1.165) is 31.7 Å². The summed E-state index contributed by atoms with van der Waals surface area (Å²) in [6, 6.07) is 3.79. The van der Waals surface area contributed by atoms with Gasteiger partial charge in [0.05, 0.1) is 0 Å². The summed E-state index contributed by atoms with van der Waals surface area (Å²) < 4.78 is 1.88. The Labute approximate surface area is 96.2 Å². The van der Waals surface area contributed by atoms with Crippen LogP contribution in [0.25, 0.3) is 0 Å². The molecule has 0 saturated carbocycles. The molecule has 0 bridgehead atoms. The number of hydrogen-bond acceptors (Lipinski definition) is 2. The van der Waals surface area contributed by atoms with Gasteiger partial charge in [-0.25, -0.2) is 0 Å². The zero-order chi connectivity index (χ0) is 11.5. The number of amides is 1. The number of carbonyl (C=O) groups is 1. The summed E-state index contributed by atoms with van der Waals surface area (Å²) in [5.74, 6) is 0.764. The fraction of sp³-hybridized carbons (Fsp3) is 0.583. The van der Waals surface area contributed by atoms with Gasteiger partial charge in [0.25, 0.3) is 5.91 Å². The monoisotopic (exact) mass is 221 g/mol. The van der Waals surface area contributed by atoms with E-state index in [-0.39, 0.29) is 5.91 Å². The summed E-state index contributed by atoms with van der Waals surface area (Å²) in [6.45, 7) is 2.76. The van der Waals surface area contributed by atoms with E-state index in [2.05, 4.69) is 5.32 Å². The van der Waals surface area contributed by atoms with Crippen molar-refractivity contribution in [3.05, 3.63) is 24.0 Å². The number of likely N-dealkylation sites (tertiary alicyclic amines) is 1. The van der Waals surface area contributed by atoms with Crippen LogP contribution in [-0.2, 0) is 7.05 Å². The van der Waals surface area contributed by atoms with Gasteiger partial charge in [-0.15, -0.1) is 0 Å². The summed E-state index contributed by atoms with van der Waals surface area (Å²) in [5.41, 5.74) is 0.783. The Bertz CT molecular complexity index is 372. The zero-order valence-corrected chi connectivity index (χ0v) is 9.94. The predicted molar refractivity (Wildman–Crippen MR) is 63.4 cm³/mol. The number of hydrogen-bond donors (Lipinski definition) is 1. The third-order valence-corrected chi connectivity index (χ3v) is 3.23. The lowest BCUT2D eigenvalue weighted by Crippen LogP contribution is -2.31. The molecule has 1 aliphatic rings. The lowest BCUT2D eigenvalue weighted by Gasteiger charge is -2.16. The van der Waals surface area contributed by atoms with Crippen LogP contribution in [0.4, 0.5) is 0 Å². The highest BCUT2D eigenvalue weighted by Gasteiger charge is 2.27. The number of aryl methyl sites for hydroxylation is 1. The molecule has 0 radical (unpaired) electrons. The molecule has 0 spiro atoms. The van der Waals surface area contributed by atoms with Gasteiger partial charge >= 0.3 is 0 Å². The topological polar surface area (TPSA) is 37.3 Å². The predicted octanol–water partition coefficient (Wildman–Crippen LogP) is 0.707. The van der Waals surface area contributed by atoms with Crippen LogP contribution >= 0.6 is 0 Å². The molecule has 1 aromatic rings. The molecule has 4 nitrogen and oxygen atoms in total. The minimum absolute atomic E-state index is 0.158. The van der Waals surface area contributed by atoms with E-state index in [4.69, 9.17) is 0 Å². The van der Waals surface area contributed by atoms with E-state index in [9.17, 15) is 4.79 Å². The minimum Gasteiger partial charge on any atom is -0.347 e. The van der Waals surface area contributed by atoms with Crippen molar-refractivity contribution in [3.8, 4) is 0 Å². The highest BCUT2D eigenvalue weighted by atomic mass is 16.2. The van der Waals surface area contributed by atoms with E-state index < -0.39 is 0 Å². The van der Waals surface area contributed by atoms with Gasteiger partial charge in [-0.2, -0.15) is 0 Å². The quantitative estimate of drug-likeness (QED) is 0.816. The Balaban J connectivity index is 2.00. The van der Waals surface area contributed by atoms with E-state index in [1.807, 2.05) is 41.9 Å². The summed E-state index contributed by atoms with van der Waals surface area (Å²) in [4.78, 5) is 14.1. The lowest BCUT2D eigenvalue weighted by molar-refractivity contribution is 0.0778. The Morgan fingerprint density at radius 1 is 1.62 bits per heavy atom. The number of nitrogens with one attached hydrogen (secondary N) is 1. The van der Waals surface area contributed by atoms with E-state index in [1.165, 1.54) is 0 Å². The average molecular weight is 221 g/mol. The highest BCUT2D eigenvalue weighted by molar-refractivity contribution is 5.92. The molecule has 16 heavy (non-hydrogen) atoms. The summed E-state index contributed by atoms with van der Waals surface area (Å²) in [7, 11) is 3.87. The molecular formula is C12H19N3O. The van der Waals surface area contributed by atoms with Crippen molar-refractivity contribution in [1.29, 1.82) is 0 Å². The first-order chi connectivity index (χ1) is 7.72. The molecule has 1 aliphatic heterocycles. The summed E-state index contributed by atoms with van der Waals surface area (Å²) >= 11 is 0. The first kappa shape index (κ1) is 11.2. The molecule has 1 amide bonds. The molecule has 0 aliphatic carbocycles. The standard InChI is InChI=1S/C12H19N3O/c1-13-8-10-5-7-15(9-10)12(16)11-4-3-6-14(11)2/h3-4,6,10,13H,5,7-9H2,1-2H3. The van der Waals surface area contributed by atoms with Gasteiger partial charge < -0.3 is 14.8 Å². The van der Waals surface area contributed by atoms with Crippen molar-refractivity contribution in [2.75, 3.05) is 26.7 Å².